The Morgan fingerprint density at radius 1 is 1.08 bits per heavy atom. The van der Waals surface area contributed by atoms with Crippen molar-refractivity contribution in [2.24, 2.45) is 46.5 Å². The molecule has 7 unspecified atom stereocenters. The summed E-state index contributed by atoms with van der Waals surface area (Å²) in [4.78, 5) is 12.4. The molecule has 3 saturated carbocycles. The van der Waals surface area contributed by atoms with Crippen molar-refractivity contribution in [3.8, 4) is 0 Å². The number of carbonyl (C=O) groups is 1. The number of nitrogens with two attached hydrogens (primary N) is 2. The second-order valence-electron chi connectivity index (χ2n) is 10.7. The number of hydrogen-bond acceptors (Lipinski definition) is 4. The lowest BCUT2D eigenvalue weighted by atomic mass is 9.59. The molecule has 0 bridgehead atoms. The maximum Gasteiger partial charge on any atom is 0.136 e. The molecular weight excluding hydrogens is 324 g/mol. The predicted octanol–water partition coefficient (Wildman–Crippen LogP) is 3.60. The second-order valence-corrected chi connectivity index (χ2v) is 10.7. The van der Waals surface area contributed by atoms with Crippen molar-refractivity contribution in [2.45, 2.75) is 96.7 Å². The topological polar surface area (TPSA) is 89.3 Å². The Hall–Kier alpha value is -0.450. The molecule has 3 fully saturated rings. The van der Waals surface area contributed by atoms with E-state index in [2.05, 4.69) is 13.8 Å². The molecule has 7 atom stereocenters. The van der Waals surface area contributed by atoms with Crippen LogP contribution in [0.4, 0.5) is 0 Å². The Bertz CT molecular complexity index is 544. The van der Waals surface area contributed by atoms with E-state index in [0.717, 1.165) is 32.1 Å². The van der Waals surface area contributed by atoms with E-state index in [1.165, 1.54) is 25.7 Å². The zero-order valence-electron chi connectivity index (χ0n) is 17.3. The van der Waals surface area contributed by atoms with Crippen LogP contribution in [0.2, 0.25) is 0 Å². The number of ketones is 1. The third kappa shape index (κ3) is 3.62. The van der Waals surface area contributed by atoms with E-state index < -0.39 is 11.3 Å². The van der Waals surface area contributed by atoms with Gasteiger partial charge in [0, 0.05) is 0 Å². The lowest BCUT2D eigenvalue weighted by Gasteiger charge is -2.45. The van der Waals surface area contributed by atoms with Crippen LogP contribution in [0.1, 0.15) is 85.5 Å². The van der Waals surface area contributed by atoms with Crippen LogP contribution in [0.25, 0.3) is 0 Å². The Balaban J connectivity index is 1.71. The fourth-order valence-electron chi connectivity index (χ4n) is 7.19. The Morgan fingerprint density at radius 3 is 2.38 bits per heavy atom. The average Bonchev–Trinajstić information content (AvgIpc) is 2.73. The van der Waals surface area contributed by atoms with Crippen molar-refractivity contribution in [3.05, 3.63) is 0 Å². The molecule has 0 amide bonds. The molecule has 3 aliphatic rings. The summed E-state index contributed by atoms with van der Waals surface area (Å²) in [5.41, 5.74) is 11.5. The number of carbonyl (C=O) groups excluding carboxylic acids is 1. The molecule has 0 radical (unpaired) electrons. The summed E-state index contributed by atoms with van der Waals surface area (Å²) in [7, 11) is 0. The van der Waals surface area contributed by atoms with Gasteiger partial charge in [-0.15, -0.1) is 0 Å². The predicted molar refractivity (Wildman–Crippen MR) is 105 cm³/mol. The van der Waals surface area contributed by atoms with Crippen LogP contribution >= 0.6 is 0 Å². The van der Waals surface area contributed by atoms with Crippen molar-refractivity contribution in [3.63, 3.8) is 0 Å². The minimum Gasteiger partial charge on any atom is -0.390 e. The quantitative estimate of drug-likeness (QED) is 0.665. The molecule has 4 nitrogen and oxygen atoms in total. The van der Waals surface area contributed by atoms with Gasteiger partial charge in [0.25, 0.3) is 0 Å². The van der Waals surface area contributed by atoms with Gasteiger partial charge in [-0.2, -0.15) is 0 Å². The largest absolute Gasteiger partial charge is 0.390 e. The molecule has 0 aromatic rings. The van der Waals surface area contributed by atoms with E-state index in [1.807, 2.05) is 6.92 Å². The fourth-order valence-corrected chi connectivity index (χ4v) is 7.19. The van der Waals surface area contributed by atoms with Crippen LogP contribution in [0.15, 0.2) is 0 Å². The highest BCUT2D eigenvalue weighted by Crippen LogP contribution is 2.60. The molecule has 0 aromatic carbocycles. The average molecular weight is 365 g/mol. The van der Waals surface area contributed by atoms with Crippen molar-refractivity contribution >= 4 is 5.78 Å². The van der Waals surface area contributed by atoms with E-state index in [4.69, 9.17) is 11.5 Å². The molecule has 3 aliphatic carbocycles. The number of rotatable bonds is 4. The van der Waals surface area contributed by atoms with E-state index in [9.17, 15) is 9.90 Å². The van der Waals surface area contributed by atoms with Crippen LogP contribution in [-0.4, -0.2) is 22.2 Å². The molecular formula is C22H40N2O2. The summed E-state index contributed by atoms with van der Waals surface area (Å²) in [5, 5.41) is 10.5. The molecule has 3 rings (SSSR count). The highest BCUT2D eigenvalue weighted by atomic mass is 16.3. The fraction of sp³-hybridized carbons (Fsp3) is 0.955. The molecule has 0 spiro atoms. The minimum absolute atomic E-state index is 0.0398. The van der Waals surface area contributed by atoms with Gasteiger partial charge in [-0.25, -0.2) is 0 Å². The van der Waals surface area contributed by atoms with Gasteiger partial charge in [-0.3, -0.25) is 4.79 Å². The Kier molecular flexibility index (Phi) is 5.35. The zero-order chi connectivity index (χ0) is 19.3. The minimum atomic E-state index is -0.852. The van der Waals surface area contributed by atoms with E-state index >= 15 is 0 Å². The Labute approximate surface area is 159 Å². The summed E-state index contributed by atoms with van der Waals surface area (Å²) < 4.78 is 0. The van der Waals surface area contributed by atoms with Gasteiger partial charge in [-0.1, -0.05) is 26.7 Å². The van der Waals surface area contributed by atoms with Crippen LogP contribution in [0.5, 0.6) is 0 Å². The third-order valence-corrected chi connectivity index (χ3v) is 8.44. The summed E-state index contributed by atoms with van der Waals surface area (Å²) in [6.07, 6.45) is 9.61. The molecule has 0 aromatic heterocycles. The standard InChI is InChI=1S/C22H40N2O2/c1-14-9-11-20(3,26)12-17(14)8-7-16-6-5-10-21(4)18(16)13-22(23,24)19(21)15(2)25/h14,16-19,26H,5-13,23-24H2,1-4H3. The monoisotopic (exact) mass is 364 g/mol. The number of Topliss-reactive ketones (excluding diaryl/α,β-unsaturated/α-hetero) is 1. The van der Waals surface area contributed by atoms with Crippen molar-refractivity contribution < 1.29 is 9.90 Å². The number of fused-ring (bicyclic) bond motifs is 1. The van der Waals surface area contributed by atoms with Gasteiger partial charge in [0.15, 0.2) is 0 Å². The molecule has 0 heterocycles. The van der Waals surface area contributed by atoms with E-state index in [0.29, 0.717) is 23.7 Å². The van der Waals surface area contributed by atoms with E-state index in [-0.39, 0.29) is 17.1 Å². The molecule has 150 valence electrons. The molecule has 4 heteroatoms. The lowest BCUT2D eigenvalue weighted by Crippen LogP contribution is -2.57. The van der Waals surface area contributed by atoms with Crippen LogP contribution in [-0.2, 0) is 4.79 Å². The smallest absolute Gasteiger partial charge is 0.136 e. The van der Waals surface area contributed by atoms with Gasteiger partial charge < -0.3 is 16.6 Å². The highest BCUT2D eigenvalue weighted by Gasteiger charge is 2.61. The lowest BCUT2D eigenvalue weighted by molar-refractivity contribution is -0.127. The number of hydrogen-bond donors (Lipinski definition) is 3. The van der Waals surface area contributed by atoms with Gasteiger partial charge in [0.2, 0.25) is 0 Å². The molecule has 0 saturated heterocycles. The third-order valence-electron chi connectivity index (χ3n) is 8.44. The van der Waals surface area contributed by atoms with Gasteiger partial charge >= 0.3 is 0 Å². The maximum atomic E-state index is 12.4. The van der Waals surface area contributed by atoms with Crippen molar-refractivity contribution in [2.75, 3.05) is 0 Å². The molecule has 0 aliphatic heterocycles. The number of aliphatic hydroxyl groups is 1. The van der Waals surface area contributed by atoms with Crippen LogP contribution < -0.4 is 11.5 Å². The van der Waals surface area contributed by atoms with Gasteiger partial charge in [0.1, 0.15) is 5.78 Å². The zero-order valence-corrected chi connectivity index (χ0v) is 17.3. The highest BCUT2D eigenvalue weighted by molar-refractivity contribution is 5.81. The first-order chi connectivity index (χ1) is 12.0. The first kappa shape index (κ1) is 20.3. The summed E-state index contributed by atoms with van der Waals surface area (Å²) in [6.45, 7) is 8.28. The van der Waals surface area contributed by atoms with Crippen molar-refractivity contribution in [1.29, 1.82) is 0 Å². The molecule has 26 heavy (non-hydrogen) atoms. The first-order valence-corrected chi connectivity index (χ1v) is 10.8. The normalized spacial score (nSPS) is 48.2. The van der Waals surface area contributed by atoms with Gasteiger partial charge in [0.05, 0.1) is 17.2 Å². The summed E-state index contributed by atoms with van der Waals surface area (Å²) in [5.74, 6) is 2.33. The summed E-state index contributed by atoms with van der Waals surface area (Å²) in [6, 6.07) is 0. The molecule has 5 N–H and O–H groups in total. The SMILES string of the molecule is CC(=O)C1C(N)(N)CC2C(CCC3CC(C)(O)CCC3C)CCCC21C. The summed E-state index contributed by atoms with van der Waals surface area (Å²) >= 11 is 0. The van der Waals surface area contributed by atoms with Crippen molar-refractivity contribution in [1.82, 2.24) is 0 Å². The van der Waals surface area contributed by atoms with Gasteiger partial charge in [-0.05, 0) is 87.9 Å². The maximum absolute atomic E-state index is 12.4. The van der Waals surface area contributed by atoms with Crippen LogP contribution in [0, 0.1) is 35.0 Å². The Morgan fingerprint density at radius 2 is 1.73 bits per heavy atom. The van der Waals surface area contributed by atoms with E-state index in [1.54, 1.807) is 6.92 Å². The second kappa shape index (κ2) is 6.86. The first-order valence-electron chi connectivity index (χ1n) is 10.8. The van der Waals surface area contributed by atoms with Crippen LogP contribution in [0.3, 0.4) is 0 Å².